The number of carbonyl (C=O) groups excluding carboxylic acids is 1. The molecule has 7 heteroatoms. The van der Waals surface area contributed by atoms with Crippen molar-refractivity contribution in [3.05, 3.63) is 29.3 Å². The fourth-order valence-electron chi connectivity index (χ4n) is 1.59. The number of hydrogen-bond acceptors (Lipinski definition) is 4. The van der Waals surface area contributed by atoms with E-state index in [2.05, 4.69) is 0 Å². The van der Waals surface area contributed by atoms with Gasteiger partial charge in [-0.1, -0.05) is 11.6 Å². The van der Waals surface area contributed by atoms with Gasteiger partial charge in [0.2, 0.25) is 5.91 Å². The van der Waals surface area contributed by atoms with Gasteiger partial charge in [-0.25, -0.2) is 0 Å². The Labute approximate surface area is 141 Å². The van der Waals surface area contributed by atoms with Crippen LogP contribution in [0.15, 0.2) is 24.3 Å². The van der Waals surface area contributed by atoms with Crippen molar-refractivity contribution in [2.45, 2.75) is 12.5 Å². The van der Waals surface area contributed by atoms with Crippen molar-refractivity contribution in [1.82, 2.24) is 4.90 Å². The second kappa shape index (κ2) is 11.0. The summed E-state index contributed by atoms with van der Waals surface area (Å²) in [6, 6.07) is 6.71. The highest BCUT2D eigenvalue weighted by atomic mass is 35.5. The van der Waals surface area contributed by atoms with Crippen LogP contribution in [0.5, 0.6) is 5.75 Å². The second-order valence-electron chi connectivity index (χ2n) is 4.45. The van der Waals surface area contributed by atoms with Crippen LogP contribution in [0.3, 0.4) is 0 Å². The van der Waals surface area contributed by atoms with Crippen molar-refractivity contribution in [3.63, 3.8) is 0 Å². The van der Waals surface area contributed by atoms with Crippen molar-refractivity contribution in [3.8, 4) is 5.75 Å². The number of hydrogen-bond donors (Lipinski definition) is 1. The third kappa shape index (κ3) is 7.81. The lowest BCUT2D eigenvalue weighted by atomic mass is 10.2. The van der Waals surface area contributed by atoms with Gasteiger partial charge in [-0.3, -0.25) is 4.79 Å². The first-order chi connectivity index (χ1) is 9.54. The van der Waals surface area contributed by atoms with Crippen LogP contribution in [0.2, 0.25) is 5.02 Å². The van der Waals surface area contributed by atoms with Gasteiger partial charge in [-0.15, -0.1) is 12.4 Å². The van der Waals surface area contributed by atoms with Gasteiger partial charge in [-0.05, 0) is 42.7 Å². The Balaban J connectivity index is 0.00000400. The van der Waals surface area contributed by atoms with E-state index < -0.39 is 6.04 Å². The van der Waals surface area contributed by atoms with Crippen LogP contribution >= 0.6 is 35.8 Å². The van der Waals surface area contributed by atoms with Crippen molar-refractivity contribution in [1.29, 1.82) is 0 Å². The zero-order chi connectivity index (χ0) is 15.0. The molecular weight excluding hydrogens is 331 g/mol. The van der Waals surface area contributed by atoms with Gasteiger partial charge in [0.15, 0.2) is 0 Å². The molecule has 0 bridgehead atoms. The van der Waals surface area contributed by atoms with Crippen LogP contribution in [0.1, 0.15) is 6.42 Å². The summed E-state index contributed by atoms with van der Waals surface area (Å²) in [6.07, 6.45) is 2.70. The molecule has 21 heavy (non-hydrogen) atoms. The van der Waals surface area contributed by atoms with Crippen molar-refractivity contribution in [2.75, 3.05) is 32.2 Å². The average molecular weight is 353 g/mol. The van der Waals surface area contributed by atoms with E-state index in [4.69, 9.17) is 22.1 Å². The summed E-state index contributed by atoms with van der Waals surface area (Å²) in [6.45, 7) is 0.938. The van der Waals surface area contributed by atoms with Gasteiger partial charge in [0.05, 0.1) is 12.6 Å². The zero-order valence-corrected chi connectivity index (χ0v) is 14.6. The molecule has 0 aliphatic heterocycles. The second-order valence-corrected chi connectivity index (χ2v) is 5.87. The molecule has 0 radical (unpaired) electrons. The maximum Gasteiger partial charge on any atom is 0.239 e. The van der Waals surface area contributed by atoms with Crippen LogP contribution in [-0.4, -0.2) is 49.1 Å². The van der Waals surface area contributed by atoms with E-state index in [9.17, 15) is 4.79 Å². The predicted molar refractivity (Wildman–Crippen MR) is 92.8 cm³/mol. The van der Waals surface area contributed by atoms with E-state index >= 15 is 0 Å². The fourth-order valence-corrected chi connectivity index (χ4v) is 2.21. The van der Waals surface area contributed by atoms with Gasteiger partial charge in [-0.2, -0.15) is 11.8 Å². The number of carbonyl (C=O) groups is 1. The number of benzene rings is 1. The molecule has 0 unspecified atom stereocenters. The maximum absolute atomic E-state index is 12.0. The quantitative estimate of drug-likeness (QED) is 0.781. The van der Waals surface area contributed by atoms with E-state index in [0.29, 0.717) is 24.6 Å². The summed E-state index contributed by atoms with van der Waals surface area (Å²) < 4.78 is 5.55. The molecule has 1 rings (SSSR count). The topological polar surface area (TPSA) is 55.6 Å². The SMILES string of the molecule is CSCC[C@H](N)C(=O)N(C)CCOc1ccc(Cl)cc1.Cl. The zero-order valence-electron chi connectivity index (χ0n) is 12.3. The van der Waals surface area contributed by atoms with Crippen molar-refractivity contribution >= 4 is 41.7 Å². The number of likely N-dealkylation sites (N-methyl/N-ethyl adjacent to an activating group) is 1. The number of nitrogens with two attached hydrogens (primary N) is 1. The van der Waals surface area contributed by atoms with Crippen molar-refractivity contribution < 1.29 is 9.53 Å². The molecule has 1 aromatic rings. The molecule has 0 heterocycles. The average Bonchev–Trinajstić information content (AvgIpc) is 2.45. The highest BCUT2D eigenvalue weighted by molar-refractivity contribution is 7.98. The minimum absolute atomic E-state index is 0. The molecule has 0 spiro atoms. The van der Waals surface area contributed by atoms with Crippen molar-refractivity contribution in [2.24, 2.45) is 5.73 Å². The monoisotopic (exact) mass is 352 g/mol. The first-order valence-electron chi connectivity index (χ1n) is 6.42. The van der Waals surface area contributed by atoms with Gasteiger partial charge < -0.3 is 15.4 Å². The number of nitrogens with zero attached hydrogens (tertiary/aromatic N) is 1. The van der Waals surface area contributed by atoms with E-state index in [-0.39, 0.29) is 18.3 Å². The Morgan fingerprint density at radius 2 is 2.05 bits per heavy atom. The van der Waals surface area contributed by atoms with E-state index in [1.54, 1.807) is 48.0 Å². The number of amides is 1. The van der Waals surface area contributed by atoms with Crippen LogP contribution in [0.4, 0.5) is 0 Å². The fraction of sp³-hybridized carbons (Fsp3) is 0.500. The number of ether oxygens (including phenoxy) is 1. The first kappa shape index (κ1) is 20.4. The maximum atomic E-state index is 12.0. The predicted octanol–water partition coefficient (Wildman–Crippen LogP) is 2.68. The van der Waals surface area contributed by atoms with Gasteiger partial charge >= 0.3 is 0 Å². The summed E-state index contributed by atoms with van der Waals surface area (Å²) >= 11 is 7.48. The van der Waals surface area contributed by atoms with Crippen LogP contribution < -0.4 is 10.5 Å². The first-order valence-corrected chi connectivity index (χ1v) is 8.19. The molecule has 120 valence electrons. The molecular formula is C14H22Cl2N2O2S. The molecule has 0 aliphatic carbocycles. The van der Waals surface area contributed by atoms with Crippen LogP contribution in [0.25, 0.3) is 0 Å². The molecule has 1 atom stereocenters. The summed E-state index contributed by atoms with van der Waals surface area (Å²) in [5.41, 5.74) is 5.84. The lowest BCUT2D eigenvalue weighted by molar-refractivity contribution is -0.131. The van der Waals surface area contributed by atoms with E-state index in [0.717, 1.165) is 11.5 Å². The Morgan fingerprint density at radius 1 is 1.43 bits per heavy atom. The minimum Gasteiger partial charge on any atom is -0.492 e. The Morgan fingerprint density at radius 3 is 2.62 bits per heavy atom. The highest BCUT2D eigenvalue weighted by Crippen LogP contribution is 2.15. The summed E-state index contributed by atoms with van der Waals surface area (Å²) in [4.78, 5) is 13.6. The number of thioether (sulfide) groups is 1. The molecule has 0 saturated carbocycles. The highest BCUT2D eigenvalue weighted by Gasteiger charge is 2.17. The van der Waals surface area contributed by atoms with E-state index in [1.165, 1.54) is 0 Å². The lowest BCUT2D eigenvalue weighted by Crippen LogP contribution is -2.43. The van der Waals surface area contributed by atoms with Gasteiger partial charge in [0.1, 0.15) is 12.4 Å². The molecule has 0 fully saturated rings. The van der Waals surface area contributed by atoms with Gasteiger partial charge in [0.25, 0.3) is 0 Å². The molecule has 2 N–H and O–H groups in total. The number of halogens is 2. The lowest BCUT2D eigenvalue weighted by Gasteiger charge is -2.21. The minimum atomic E-state index is -0.428. The summed E-state index contributed by atoms with van der Waals surface area (Å²) in [5.74, 6) is 1.59. The molecule has 0 aliphatic rings. The van der Waals surface area contributed by atoms with Crippen LogP contribution in [0, 0.1) is 0 Å². The van der Waals surface area contributed by atoms with Crippen LogP contribution in [-0.2, 0) is 4.79 Å². The smallest absolute Gasteiger partial charge is 0.239 e. The molecule has 1 aromatic carbocycles. The van der Waals surface area contributed by atoms with E-state index in [1.807, 2.05) is 6.26 Å². The largest absolute Gasteiger partial charge is 0.492 e. The molecule has 4 nitrogen and oxygen atoms in total. The Kier molecular flexibility index (Phi) is 10.7. The molecule has 0 saturated heterocycles. The third-order valence-electron chi connectivity index (χ3n) is 2.84. The summed E-state index contributed by atoms with van der Waals surface area (Å²) in [7, 11) is 1.74. The number of rotatable bonds is 8. The normalized spacial score (nSPS) is 11.4. The molecule has 0 aromatic heterocycles. The summed E-state index contributed by atoms with van der Waals surface area (Å²) in [5, 5.41) is 0.671. The third-order valence-corrected chi connectivity index (χ3v) is 3.73. The standard InChI is InChI=1S/C14H21ClN2O2S.ClH/c1-17(14(18)13(16)7-10-20-2)8-9-19-12-5-3-11(15)4-6-12;/h3-6,13H,7-10,16H2,1-2H3;1H/t13-;/m0./s1. The van der Waals surface area contributed by atoms with Gasteiger partial charge in [0, 0.05) is 12.1 Å². The Hall–Kier alpha value is -0.620. The molecule has 1 amide bonds. The Bertz CT molecular complexity index is 418.